The highest BCUT2D eigenvalue weighted by molar-refractivity contribution is 5.51. The van der Waals surface area contributed by atoms with Crippen LogP contribution >= 0.6 is 0 Å². The van der Waals surface area contributed by atoms with Gasteiger partial charge in [0.1, 0.15) is 0 Å². The van der Waals surface area contributed by atoms with Gasteiger partial charge < -0.3 is 10.2 Å². The lowest BCUT2D eigenvalue weighted by Crippen LogP contribution is -2.38. The van der Waals surface area contributed by atoms with Crippen LogP contribution in [0, 0.1) is 0 Å². The molecule has 1 aromatic carbocycles. The molecule has 0 spiro atoms. The number of rotatable bonds is 4. The molecule has 0 bridgehead atoms. The van der Waals surface area contributed by atoms with Crippen molar-refractivity contribution in [3.63, 3.8) is 0 Å². The third-order valence-corrected chi connectivity index (χ3v) is 4.26. The molecule has 1 fully saturated rings. The van der Waals surface area contributed by atoms with Gasteiger partial charge in [-0.1, -0.05) is 19.1 Å². The Morgan fingerprint density at radius 2 is 1.94 bits per heavy atom. The van der Waals surface area contributed by atoms with E-state index < -0.39 is 0 Å². The summed E-state index contributed by atoms with van der Waals surface area (Å²) in [6.07, 6.45) is 3.73. The van der Waals surface area contributed by atoms with Gasteiger partial charge in [0.2, 0.25) is 0 Å². The highest BCUT2D eigenvalue weighted by atomic mass is 15.2. The van der Waals surface area contributed by atoms with Crippen LogP contribution in [0.3, 0.4) is 0 Å². The van der Waals surface area contributed by atoms with E-state index in [0.717, 1.165) is 6.42 Å². The first-order chi connectivity index (χ1) is 8.58. The van der Waals surface area contributed by atoms with Gasteiger partial charge in [0.15, 0.2) is 0 Å². The third-order valence-electron chi connectivity index (χ3n) is 4.26. The Hall–Kier alpha value is -1.02. The lowest BCUT2D eigenvalue weighted by atomic mass is 10.0. The molecule has 0 radical (unpaired) electrons. The van der Waals surface area contributed by atoms with Gasteiger partial charge in [0, 0.05) is 23.8 Å². The first-order valence-corrected chi connectivity index (χ1v) is 7.13. The summed E-state index contributed by atoms with van der Waals surface area (Å²) < 4.78 is 0. The molecule has 1 unspecified atom stereocenters. The van der Waals surface area contributed by atoms with E-state index in [1.807, 2.05) is 7.05 Å². The molecule has 0 amide bonds. The van der Waals surface area contributed by atoms with E-state index in [4.69, 9.17) is 0 Å². The highest BCUT2D eigenvalue weighted by Crippen LogP contribution is 2.34. The zero-order chi connectivity index (χ0) is 13.2. The maximum absolute atomic E-state index is 3.36. The van der Waals surface area contributed by atoms with E-state index in [0.29, 0.717) is 11.6 Å². The van der Waals surface area contributed by atoms with Crippen molar-refractivity contribution in [1.29, 1.82) is 0 Å². The van der Waals surface area contributed by atoms with Gasteiger partial charge in [-0.3, -0.25) is 0 Å². The summed E-state index contributed by atoms with van der Waals surface area (Å²) in [5.41, 5.74) is 3.07. The minimum absolute atomic E-state index is 0.314. The summed E-state index contributed by atoms with van der Waals surface area (Å²) >= 11 is 0. The van der Waals surface area contributed by atoms with Crippen molar-refractivity contribution in [3.05, 3.63) is 29.8 Å². The molecule has 2 rings (SSSR count). The molecule has 0 saturated carbocycles. The fourth-order valence-corrected chi connectivity index (χ4v) is 3.08. The summed E-state index contributed by atoms with van der Waals surface area (Å²) in [5, 5.41) is 3.36. The molecule has 1 saturated heterocycles. The number of hydrogen-bond acceptors (Lipinski definition) is 2. The predicted molar refractivity (Wildman–Crippen MR) is 79.2 cm³/mol. The number of nitrogens with zero attached hydrogens (tertiary/aromatic N) is 1. The molecule has 1 aliphatic rings. The number of nitrogens with one attached hydrogen (secondary N) is 1. The second-order valence-electron chi connectivity index (χ2n) is 5.91. The summed E-state index contributed by atoms with van der Waals surface area (Å²) in [4.78, 5) is 2.54. The summed E-state index contributed by atoms with van der Waals surface area (Å²) in [5.74, 6) is 0. The van der Waals surface area contributed by atoms with Crippen LogP contribution in [0.4, 0.5) is 5.69 Å². The Labute approximate surface area is 111 Å². The Morgan fingerprint density at radius 3 is 2.39 bits per heavy atom. The van der Waals surface area contributed by atoms with Crippen LogP contribution in [0.5, 0.6) is 0 Å². The minimum atomic E-state index is 0.314. The maximum Gasteiger partial charge on any atom is 0.0370 e. The van der Waals surface area contributed by atoms with E-state index in [1.165, 1.54) is 30.6 Å². The van der Waals surface area contributed by atoms with Crippen molar-refractivity contribution in [3.8, 4) is 0 Å². The number of benzene rings is 1. The maximum atomic E-state index is 3.36. The molecule has 18 heavy (non-hydrogen) atoms. The lowest BCUT2D eigenvalue weighted by Gasteiger charge is -2.34. The summed E-state index contributed by atoms with van der Waals surface area (Å²) in [6, 6.07) is 9.58. The molecule has 1 aliphatic heterocycles. The quantitative estimate of drug-likeness (QED) is 0.870. The van der Waals surface area contributed by atoms with Crippen LogP contribution in [-0.2, 0) is 0 Å². The molecule has 1 aromatic rings. The molecular weight excluding hydrogens is 220 g/mol. The van der Waals surface area contributed by atoms with Gasteiger partial charge in [-0.2, -0.15) is 0 Å². The van der Waals surface area contributed by atoms with Crippen LogP contribution in [0.2, 0.25) is 0 Å². The van der Waals surface area contributed by atoms with Gasteiger partial charge >= 0.3 is 0 Å². The zero-order valence-electron chi connectivity index (χ0n) is 12.2. The van der Waals surface area contributed by atoms with Crippen LogP contribution in [-0.4, -0.2) is 19.1 Å². The van der Waals surface area contributed by atoms with E-state index in [2.05, 4.69) is 55.3 Å². The average molecular weight is 246 g/mol. The van der Waals surface area contributed by atoms with Gasteiger partial charge in [0.25, 0.3) is 0 Å². The van der Waals surface area contributed by atoms with E-state index in [-0.39, 0.29) is 0 Å². The van der Waals surface area contributed by atoms with Crippen LogP contribution in [0.25, 0.3) is 0 Å². The van der Waals surface area contributed by atoms with Crippen molar-refractivity contribution in [2.75, 3.05) is 18.5 Å². The molecule has 1 N–H and O–H groups in total. The molecule has 100 valence electrons. The first kappa shape index (κ1) is 13.4. The van der Waals surface area contributed by atoms with Crippen LogP contribution in [0.1, 0.15) is 51.6 Å². The Kier molecular flexibility index (Phi) is 3.96. The predicted octanol–water partition coefficient (Wildman–Crippen LogP) is 3.74. The van der Waals surface area contributed by atoms with Gasteiger partial charge in [-0.05, 0) is 57.9 Å². The topological polar surface area (TPSA) is 15.3 Å². The van der Waals surface area contributed by atoms with Gasteiger partial charge in [-0.25, -0.2) is 0 Å². The second kappa shape index (κ2) is 5.31. The van der Waals surface area contributed by atoms with Crippen LogP contribution in [0.15, 0.2) is 24.3 Å². The Morgan fingerprint density at radius 1 is 1.28 bits per heavy atom. The molecule has 1 heterocycles. The molecule has 0 aromatic heterocycles. The fourth-order valence-electron chi connectivity index (χ4n) is 3.08. The summed E-state index contributed by atoms with van der Waals surface area (Å²) in [6.45, 7) is 8.10. The highest BCUT2D eigenvalue weighted by Gasteiger charge is 2.31. The second-order valence-corrected chi connectivity index (χ2v) is 5.91. The normalized spacial score (nSPS) is 20.1. The number of hydrogen-bond donors (Lipinski definition) is 1. The van der Waals surface area contributed by atoms with E-state index in [9.17, 15) is 0 Å². The largest absolute Gasteiger partial charge is 0.366 e. The van der Waals surface area contributed by atoms with Gasteiger partial charge in [0.05, 0.1) is 0 Å². The molecule has 2 heteroatoms. The van der Waals surface area contributed by atoms with Crippen molar-refractivity contribution in [2.45, 2.75) is 51.6 Å². The van der Waals surface area contributed by atoms with Crippen LogP contribution < -0.4 is 10.2 Å². The SMILES string of the molecule is CCC(NC)c1ccc(N2CCCC2(C)C)cc1. The molecule has 2 nitrogen and oxygen atoms in total. The van der Waals surface area contributed by atoms with Crippen molar-refractivity contribution in [1.82, 2.24) is 5.32 Å². The molecular formula is C16H26N2. The Bertz CT molecular complexity index is 377. The standard InChI is InChI=1S/C16H26N2/c1-5-15(17-4)13-7-9-14(10-8-13)18-12-6-11-16(18,2)3/h7-10,15,17H,5-6,11-12H2,1-4H3. The third kappa shape index (κ3) is 2.54. The fraction of sp³-hybridized carbons (Fsp3) is 0.625. The number of anilines is 1. The lowest BCUT2D eigenvalue weighted by molar-refractivity contribution is 0.517. The van der Waals surface area contributed by atoms with Crippen molar-refractivity contribution >= 4 is 5.69 Å². The minimum Gasteiger partial charge on any atom is -0.366 e. The average Bonchev–Trinajstić information content (AvgIpc) is 2.71. The van der Waals surface area contributed by atoms with Crippen molar-refractivity contribution in [2.24, 2.45) is 0 Å². The monoisotopic (exact) mass is 246 g/mol. The van der Waals surface area contributed by atoms with E-state index in [1.54, 1.807) is 0 Å². The molecule has 1 atom stereocenters. The first-order valence-electron chi connectivity index (χ1n) is 7.13. The van der Waals surface area contributed by atoms with Gasteiger partial charge in [-0.15, -0.1) is 0 Å². The van der Waals surface area contributed by atoms with E-state index >= 15 is 0 Å². The van der Waals surface area contributed by atoms with Crippen molar-refractivity contribution < 1.29 is 0 Å². The Balaban J connectivity index is 2.17. The summed E-state index contributed by atoms with van der Waals surface area (Å²) in [7, 11) is 2.03. The smallest absolute Gasteiger partial charge is 0.0370 e. The molecule has 0 aliphatic carbocycles. The zero-order valence-corrected chi connectivity index (χ0v) is 12.2.